The van der Waals surface area contributed by atoms with Crippen molar-refractivity contribution < 1.29 is 9.84 Å². The molecule has 4 aromatic carbocycles. The Labute approximate surface area is 128 Å². The van der Waals surface area contributed by atoms with Gasteiger partial charge in [0.05, 0.1) is 13.7 Å². The van der Waals surface area contributed by atoms with E-state index in [1.54, 1.807) is 7.11 Å². The van der Waals surface area contributed by atoms with Gasteiger partial charge in [-0.1, -0.05) is 42.5 Å². The Balaban J connectivity index is 2.22. The summed E-state index contributed by atoms with van der Waals surface area (Å²) >= 11 is 0. The van der Waals surface area contributed by atoms with E-state index >= 15 is 0 Å². The fourth-order valence-corrected chi connectivity index (χ4v) is 3.26. The fraction of sp³-hybridized carbons (Fsp3) is 0.100. The maximum absolute atomic E-state index is 9.83. The second kappa shape index (κ2) is 5.00. The molecule has 1 N–H and O–H groups in total. The van der Waals surface area contributed by atoms with Gasteiger partial charge >= 0.3 is 0 Å². The Kier molecular flexibility index (Phi) is 2.98. The molecule has 22 heavy (non-hydrogen) atoms. The number of methoxy groups -OCH3 is 1. The quantitative estimate of drug-likeness (QED) is 0.544. The van der Waals surface area contributed by atoms with E-state index in [-0.39, 0.29) is 6.61 Å². The molecule has 108 valence electrons. The topological polar surface area (TPSA) is 29.5 Å². The average Bonchev–Trinajstić information content (AvgIpc) is 2.59. The Hall–Kier alpha value is -2.58. The summed E-state index contributed by atoms with van der Waals surface area (Å²) in [4.78, 5) is 0. The molecular formula is C20H16O2. The highest BCUT2D eigenvalue weighted by molar-refractivity contribution is 6.18. The van der Waals surface area contributed by atoms with Gasteiger partial charge in [-0.05, 0) is 56.1 Å². The molecule has 0 radical (unpaired) electrons. The third kappa shape index (κ3) is 1.85. The molecule has 0 saturated heterocycles. The molecule has 4 aromatic rings. The minimum absolute atomic E-state index is 0.0342. The second-order valence-corrected chi connectivity index (χ2v) is 5.49. The van der Waals surface area contributed by atoms with Gasteiger partial charge in [-0.3, -0.25) is 0 Å². The number of aliphatic hydroxyl groups is 1. The lowest BCUT2D eigenvalue weighted by atomic mass is 9.93. The van der Waals surface area contributed by atoms with Crippen molar-refractivity contribution in [1.29, 1.82) is 0 Å². The zero-order valence-corrected chi connectivity index (χ0v) is 12.3. The normalized spacial score (nSPS) is 11.4. The van der Waals surface area contributed by atoms with Gasteiger partial charge in [0.2, 0.25) is 0 Å². The first-order valence-electron chi connectivity index (χ1n) is 7.34. The Bertz CT molecular complexity index is 1000. The molecule has 0 spiro atoms. The Morgan fingerprint density at radius 3 is 2.41 bits per heavy atom. The van der Waals surface area contributed by atoms with Crippen molar-refractivity contribution in [1.82, 2.24) is 0 Å². The van der Waals surface area contributed by atoms with Crippen molar-refractivity contribution in [2.45, 2.75) is 6.61 Å². The molecule has 0 aliphatic heterocycles. The number of hydrogen-bond acceptors (Lipinski definition) is 2. The van der Waals surface area contributed by atoms with Crippen LogP contribution in [0.3, 0.4) is 0 Å². The molecule has 0 saturated carbocycles. The van der Waals surface area contributed by atoms with E-state index in [4.69, 9.17) is 4.74 Å². The van der Waals surface area contributed by atoms with Crippen LogP contribution in [0.5, 0.6) is 5.75 Å². The molecule has 4 rings (SSSR count). The lowest BCUT2D eigenvalue weighted by molar-refractivity contribution is 0.283. The van der Waals surface area contributed by atoms with Crippen LogP contribution >= 0.6 is 0 Å². The highest BCUT2D eigenvalue weighted by Crippen LogP contribution is 2.35. The van der Waals surface area contributed by atoms with Crippen molar-refractivity contribution in [3.63, 3.8) is 0 Å². The monoisotopic (exact) mass is 288 g/mol. The molecule has 2 nitrogen and oxygen atoms in total. The van der Waals surface area contributed by atoms with Crippen LogP contribution in [0.4, 0.5) is 0 Å². The zero-order chi connectivity index (χ0) is 15.1. The van der Waals surface area contributed by atoms with E-state index in [0.29, 0.717) is 0 Å². The van der Waals surface area contributed by atoms with Gasteiger partial charge in [-0.15, -0.1) is 0 Å². The Morgan fingerprint density at radius 1 is 0.818 bits per heavy atom. The molecule has 0 bridgehead atoms. The number of aliphatic hydroxyl groups excluding tert-OH is 1. The van der Waals surface area contributed by atoms with Crippen LogP contribution in [0.2, 0.25) is 0 Å². The number of fused-ring (bicyclic) bond motifs is 5. The van der Waals surface area contributed by atoms with Crippen molar-refractivity contribution >= 4 is 32.3 Å². The lowest BCUT2D eigenvalue weighted by Crippen LogP contribution is -1.90. The maximum atomic E-state index is 9.83. The van der Waals surface area contributed by atoms with Gasteiger partial charge in [0, 0.05) is 0 Å². The summed E-state index contributed by atoms with van der Waals surface area (Å²) in [6.45, 7) is 0.0342. The van der Waals surface area contributed by atoms with Gasteiger partial charge in [-0.2, -0.15) is 0 Å². The van der Waals surface area contributed by atoms with Crippen LogP contribution in [0.25, 0.3) is 32.3 Å². The molecule has 0 aliphatic carbocycles. The molecule has 0 heterocycles. The number of hydrogen-bond donors (Lipinski definition) is 1. The molecule has 0 aromatic heterocycles. The molecule has 0 unspecified atom stereocenters. The molecule has 2 heteroatoms. The number of benzene rings is 4. The van der Waals surface area contributed by atoms with Crippen LogP contribution in [0.15, 0.2) is 60.7 Å². The minimum Gasteiger partial charge on any atom is -0.497 e. The summed E-state index contributed by atoms with van der Waals surface area (Å²) in [5, 5.41) is 16.8. The van der Waals surface area contributed by atoms with E-state index in [1.165, 1.54) is 10.8 Å². The third-order valence-electron chi connectivity index (χ3n) is 4.30. The molecular weight excluding hydrogens is 272 g/mol. The maximum Gasteiger partial charge on any atom is 0.119 e. The van der Waals surface area contributed by atoms with Gasteiger partial charge in [0.1, 0.15) is 5.75 Å². The van der Waals surface area contributed by atoms with Crippen LogP contribution in [0, 0.1) is 0 Å². The van der Waals surface area contributed by atoms with Crippen LogP contribution in [0.1, 0.15) is 5.56 Å². The standard InChI is InChI=1S/C20H16O2/c1-22-16-7-9-18-14(11-16)6-8-19-17-5-3-2-4-13(17)10-15(12-21)20(18)19/h2-11,21H,12H2,1H3. The highest BCUT2D eigenvalue weighted by Gasteiger charge is 2.10. The first kappa shape index (κ1) is 13.1. The molecule has 0 amide bonds. The van der Waals surface area contributed by atoms with E-state index in [1.807, 2.05) is 18.2 Å². The van der Waals surface area contributed by atoms with Gasteiger partial charge in [0.25, 0.3) is 0 Å². The average molecular weight is 288 g/mol. The van der Waals surface area contributed by atoms with Crippen LogP contribution in [-0.2, 0) is 6.61 Å². The predicted molar refractivity (Wildman–Crippen MR) is 91.4 cm³/mol. The molecule has 0 aliphatic rings. The molecule has 0 atom stereocenters. The van der Waals surface area contributed by atoms with Gasteiger partial charge in [0.15, 0.2) is 0 Å². The Morgan fingerprint density at radius 2 is 1.59 bits per heavy atom. The van der Waals surface area contributed by atoms with Crippen molar-refractivity contribution in [3.8, 4) is 5.75 Å². The number of ether oxygens (including phenoxy) is 1. The second-order valence-electron chi connectivity index (χ2n) is 5.49. The van der Waals surface area contributed by atoms with E-state index < -0.39 is 0 Å². The van der Waals surface area contributed by atoms with Crippen molar-refractivity contribution in [2.75, 3.05) is 7.11 Å². The summed E-state index contributed by atoms with van der Waals surface area (Å²) in [6, 6.07) is 20.7. The first-order valence-corrected chi connectivity index (χ1v) is 7.34. The first-order chi connectivity index (χ1) is 10.8. The highest BCUT2D eigenvalue weighted by atomic mass is 16.5. The van der Waals surface area contributed by atoms with Crippen LogP contribution in [-0.4, -0.2) is 12.2 Å². The third-order valence-corrected chi connectivity index (χ3v) is 4.30. The summed E-state index contributed by atoms with van der Waals surface area (Å²) in [6.07, 6.45) is 0. The fourth-order valence-electron chi connectivity index (χ4n) is 3.26. The zero-order valence-electron chi connectivity index (χ0n) is 12.3. The van der Waals surface area contributed by atoms with Crippen LogP contribution < -0.4 is 4.74 Å². The minimum atomic E-state index is 0.0342. The predicted octanol–water partition coefficient (Wildman–Crippen LogP) is 4.65. The van der Waals surface area contributed by atoms with E-state index in [0.717, 1.165) is 32.9 Å². The van der Waals surface area contributed by atoms with Gasteiger partial charge < -0.3 is 9.84 Å². The largest absolute Gasteiger partial charge is 0.497 e. The van der Waals surface area contributed by atoms with E-state index in [2.05, 4.69) is 42.5 Å². The smallest absolute Gasteiger partial charge is 0.119 e. The summed E-state index contributed by atoms with van der Waals surface area (Å²) in [7, 11) is 1.68. The van der Waals surface area contributed by atoms with Gasteiger partial charge in [-0.25, -0.2) is 0 Å². The molecule has 0 fully saturated rings. The van der Waals surface area contributed by atoms with E-state index in [9.17, 15) is 5.11 Å². The SMILES string of the molecule is COc1ccc2c(ccc3c4ccccc4cc(CO)c23)c1. The lowest BCUT2D eigenvalue weighted by Gasteiger charge is -2.12. The number of rotatable bonds is 2. The summed E-state index contributed by atoms with van der Waals surface area (Å²) in [5.74, 6) is 0.846. The van der Waals surface area contributed by atoms with Crippen molar-refractivity contribution in [2.24, 2.45) is 0 Å². The summed E-state index contributed by atoms with van der Waals surface area (Å²) < 4.78 is 5.31. The van der Waals surface area contributed by atoms with Crippen molar-refractivity contribution in [3.05, 3.63) is 66.2 Å². The summed E-state index contributed by atoms with van der Waals surface area (Å²) in [5.41, 5.74) is 0.962.